The van der Waals surface area contributed by atoms with E-state index >= 15 is 0 Å². The molecule has 0 saturated carbocycles. The minimum absolute atomic E-state index is 0.206. The SMILES string of the molecule is CNCCc1c(OC)c(F)cc(OC)c1OC. The summed E-state index contributed by atoms with van der Waals surface area (Å²) >= 11 is 0. The molecule has 0 aliphatic rings. The largest absolute Gasteiger partial charge is 0.493 e. The van der Waals surface area contributed by atoms with Crippen molar-refractivity contribution in [3.05, 3.63) is 17.4 Å². The van der Waals surface area contributed by atoms with E-state index in [2.05, 4.69) is 5.32 Å². The lowest BCUT2D eigenvalue weighted by atomic mass is 10.1. The third-order valence-electron chi connectivity index (χ3n) is 2.50. The van der Waals surface area contributed by atoms with Gasteiger partial charge in [0.15, 0.2) is 23.1 Å². The van der Waals surface area contributed by atoms with E-state index in [0.717, 1.165) is 0 Å². The highest BCUT2D eigenvalue weighted by Gasteiger charge is 2.20. The minimum atomic E-state index is -0.448. The average Bonchev–Trinajstić information content (AvgIpc) is 2.35. The molecule has 0 atom stereocenters. The quantitative estimate of drug-likeness (QED) is 0.824. The second-order valence-corrected chi connectivity index (χ2v) is 3.46. The van der Waals surface area contributed by atoms with E-state index in [1.54, 1.807) is 0 Å². The molecule has 0 spiro atoms. The zero-order valence-corrected chi connectivity index (χ0v) is 10.6. The van der Waals surface area contributed by atoms with Crippen molar-refractivity contribution in [2.24, 2.45) is 0 Å². The van der Waals surface area contributed by atoms with Gasteiger partial charge in [0, 0.05) is 11.6 Å². The van der Waals surface area contributed by atoms with Crippen LogP contribution in [0, 0.1) is 5.82 Å². The van der Waals surface area contributed by atoms with Crippen molar-refractivity contribution in [2.75, 3.05) is 34.9 Å². The van der Waals surface area contributed by atoms with Crippen LogP contribution in [0.1, 0.15) is 5.56 Å². The molecule has 17 heavy (non-hydrogen) atoms. The van der Waals surface area contributed by atoms with E-state index in [-0.39, 0.29) is 5.75 Å². The molecule has 0 bridgehead atoms. The van der Waals surface area contributed by atoms with Crippen LogP contribution >= 0.6 is 0 Å². The molecule has 0 saturated heterocycles. The number of benzene rings is 1. The summed E-state index contributed by atoms with van der Waals surface area (Å²) in [4.78, 5) is 0. The van der Waals surface area contributed by atoms with Crippen LogP contribution in [0.25, 0.3) is 0 Å². The van der Waals surface area contributed by atoms with Crippen molar-refractivity contribution in [1.29, 1.82) is 0 Å². The molecule has 0 aliphatic heterocycles. The maximum atomic E-state index is 13.8. The van der Waals surface area contributed by atoms with Gasteiger partial charge in [-0.05, 0) is 20.0 Å². The highest BCUT2D eigenvalue weighted by Crippen LogP contribution is 2.39. The summed E-state index contributed by atoms with van der Waals surface area (Å²) in [6.45, 7) is 0.694. The van der Waals surface area contributed by atoms with Gasteiger partial charge >= 0.3 is 0 Å². The van der Waals surface area contributed by atoms with Crippen LogP contribution in [0.2, 0.25) is 0 Å². The second-order valence-electron chi connectivity index (χ2n) is 3.46. The smallest absolute Gasteiger partial charge is 0.169 e. The van der Waals surface area contributed by atoms with Crippen molar-refractivity contribution >= 4 is 0 Å². The van der Waals surface area contributed by atoms with Gasteiger partial charge in [0.05, 0.1) is 21.3 Å². The van der Waals surface area contributed by atoms with Crippen LogP contribution in [-0.2, 0) is 6.42 Å². The third kappa shape index (κ3) is 2.79. The van der Waals surface area contributed by atoms with Crippen molar-refractivity contribution in [2.45, 2.75) is 6.42 Å². The van der Waals surface area contributed by atoms with Crippen LogP contribution in [0.4, 0.5) is 4.39 Å². The zero-order valence-electron chi connectivity index (χ0n) is 10.6. The van der Waals surface area contributed by atoms with Crippen LogP contribution in [0.3, 0.4) is 0 Å². The molecule has 0 aliphatic carbocycles. The highest BCUT2D eigenvalue weighted by atomic mass is 19.1. The Morgan fingerprint density at radius 3 is 2.24 bits per heavy atom. The summed E-state index contributed by atoms with van der Waals surface area (Å²) in [6.07, 6.45) is 0.594. The van der Waals surface area contributed by atoms with E-state index in [0.29, 0.717) is 30.0 Å². The first-order valence-electron chi connectivity index (χ1n) is 5.31. The maximum Gasteiger partial charge on any atom is 0.169 e. The Hall–Kier alpha value is -1.49. The van der Waals surface area contributed by atoms with Crippen molar-refractivity contribution < 1.29 is 18.6 Å². The molecule has 1 rings (SSSR count). The van der Waals surface area contributed by atoms with Gasteiger partial charge in [0.1, 0.15) is 0 Å². The molecule has 1 aromatic carbocycles. The van der Waals surface area contributed by atoms with Gasteiger partial charge in [-0.25, -0.2) is 4.39 Å². The third-order valence-corrected chi connectivity index (χ3v) is 2.50. The Morgan fingerprint density at radius 2 is 1.76 bits per heavy atom. The molecule has 0 fully saturated rings. The van der Waals surface area contributed by atoms with Gasteiger partial charge < -0.3 is 19.5 Å². The van der Waals surface area contributed by atoms with Gasteiger partial charge in [-0.3, -0.25) is 0 Å². The van der Waals surface area contributed by atoms with Gasteiger partial charge in [0.2, 0.25) is 0 Å². The Bertz CT molecular complexity index is 383. The number of hydrogen-bond donors (Lipinski definition) is 1. The van der Waals surface area contributed by atoms with Gasteiger partial charge in [0.25, 0.3) is 0 Å². The van der Waals surface area contributed by atoms with Gasteiger partial charge in [-0.1, -0.05) is 0 Å². The molecular formula is C12H18FNO3. The predicted octanol–water partition coefficient (Wildman–Crippen LogP) is 1.61. The van der Waals surface area contributed by atoms with E-state index in [1.807, 2.05) is 7.05 Å². The summed E-state index contributed by atoms with van der Waals surface area (Å²) < 4.78 is 29.2. The molecule has 0 heterocycles. The fourth-order valence-corrected chi connectivity index (χ4v) is 1.72. The molecule has 1 N–H and O–H groups in total. The Balaban J connectivity index is 3.30. The molecule has 0 unspecified atom stereocenters. The summed E-state index contributed by atoms with van der Waals surface area (Å²) in [7, 11) is 6.27. The number of nitrogens with one attached hydrogen (secondary N) is 1. The van der Waals surface area contributed by atoms with Crippen molar-refractivity contribution in [3.63, 3.8) is 0 Å². The fourth-order valence-electron chi connectivity index (χ4n) is 1.72. The highest BCUT2D eigenvalue weighted by molar-refractivity contribution is 5.54. The minimum Gasteiger partial charge on any atom is -0.493 e. The first-order chi connectivity index (χ1) is 8.19. The summed E-state index contributed by atoms with van der Waals surface area (Å²) in [5.74, 6) is 0.645. The first-order valence-corrected chi connectivity index (χ1v) is 5.31. The molecular weight excluding hydrogens is 225 g/mol. The zero-order chi connectivity index (χ0) is 12.8. The topological polar surface area (TPSA) is 39.7 Å². The average molecular weight is 243 g/mol. The normalized spacial score (nSPS) is 10.2. The Kier molecular flexibility index (Phi) is 5.03. The van der Waals surface area contributed by atoms with Crippen molar-refractivity contribution in [1.82, 2.24) is 5.32 Å². The molecule has 96 valence electrons. The van der Waals surface area contributed by atoms with Crippen molar-refractivity contribution in [3.8, 4) is 17.2 Å². The Morgan fingerprint density at radius 1 is 1.12 bits per heavy atom. The van der Waals surface area contributed by atoms with Crippen LogP contribution in [-0.4, -0.2) is 34.9 Å². The molecule has 4 nitrogen and oxygen atoms in total. The molecule has 1 aromatic rings. The summed E-state index contributed by atoms with van der Waals surface area (Å²) in [5, 5.41) is 3.00. The number of rotatable bonds is 6. The molecule has 0 amide bonds. The lowest BCUT2D eigenvalue weighted by Gasteiger charge is -2.16. The van der Waals surface area contributed by atoms with E-state index in [9.17, 15) is 4.39 Å². The standard InChI is InChI=1S/C12H18FNO3/c1-14-6-5-8-11(16-3)9(13)7-10(15-2)12(8)17-4/h7,14H,5-6H2,1-4H3. The van der Waals surface area contributed by atoms with Gasteiger partial charge in [-0.2, -0.15) is 0 Å². The Labute approximate surface area is 101 Å². The molecule has 0 aromatic heterocycles. The lowest BCUT2D eigenvalue weighted by Crippen LogP contribution is -2.12. The van der Waals surface area contributed by atoms with E-state index < -0.39 is 5.82 Å². The van der Waals surface area contributed by atoms with Crippen LogP contribution < -0.4 is 19.5 Å². The van der Waals surface area contributed by atoms with Crippen LogP contribution in [0.15, 0.2) is 6.07 Å². The number of hydrogen-bond acceptors (Lipinski definition) is 4. The maximum absolute atomic E-state index is 13.8. The summed E-state index contributed by atoms with van der Waals surface area (Å²) in [5.41, 5.74) is 0.668. The number of methoxy groups -OCH3 is 3. The molecule has 5 heteroatoms. The monoisotopic (exact) mass is 243 g/mol. The lowest BCUT2D eigenvalue weighted by molar-refractivity contribution is 0.333. The van der Waals surface area contributed by atoms with E-state index in [4.69, 9.17) is 14.2 Å². The van der Waals surface area contributed by atoms with Gasteiger partial charge in [-0.15, -0.1) is 0 Å². The molecule has 0 radical (unpaired) electrons. The second kappa shape index (κ2) is 6.30. The number of likely N-dealkylation sites (N-methyl/N-ethyl adjacent to an activating group) is 1. The summed E-state index contributed by atoms with van der Waals surface area (Å²) in [6, 6.07) is 1.26. The predicted molar refractivity (Wildman–Crippen MR) is 63.7 cm³/mol. The van der Waals surface area contributed by atoms with E-state index in [1.165, 1.54) is 27.4 Å². The number of halogens is 1. The first kappa shape index (κ1) is 13.6. The van der Waals surface area contributed by atoms with Crippen LogP contribution in [0.5, 0.6) is 17.2 Å². The number of ether oxygens (including phenoxy) is 3. The fraction of sp³-hybridized carbons (Fsp3) is 0.500.